The van der Waals surface area contributed by atoms with Gasteiger partial charge in [-0.15, -0.1) is 24.0 Å². The molecule has 1 aromatic heterocycles. The quantitative estimate of drug-likeness (QED) is 0.208. The summed E-state index contributed by atoms with van der Waals surface area (Å²) in [5.74, 6) is 1.38. The Hall–Kier alpha value is -2.29. The molecule has 1 heterocycles. The van der Waals surface area contributed by atoms with Gasteiger partial charge in [0.15, 0.2) is 5.96 Å². The zero-order valence-corrected chi connectivity index (χ0v) is 19.8. The van der Waals surface area contributed by atoms with Crippen molar-refractivity contribution in [2.45, 2.75) is 45.2 Å². The zero-order chi connectivity index (χ0) is 20.3. The minimum atomic E-state index is -0.119. The Kier molecular flexibility index (Phi) is 10.5. The van der Waals surface area contributed by atoms with E-state index in [0.29, 0.717) is 18.7 Å². The fourth-order valence-corrected chi connectivity index (χ4v) is 3.38. The van der Waals surface area contributed by atoms with E-state index in [1.54, 1.807) is 25.0 Å². The van der Waals surface area contributed by atoms with Gasteiger partial charge in [-0.25, -0.2) is 0 Å². The van der Waals surface area contributed by atoms with Crippen LogP contribution in [0.3, 0.4) is 0 Å². The van der Waals surface area contributed by atoms with Crippen LogP contribution in [0.25, 0.3) is 0 Å². The molecule has 0 saturated heterocycles. The summed E-state index contributed by atoms with van der Waals surface area (Å²) >= 11 is 0. The molecular formula is C23H31IN4O2. The Morgan fingerprint density at radius 3 is 2.73 bits per heavy atom. The molecule has 30 heavy (non-hydrogen) atoms. The van der Waals surface area contributed by atoms with E-state index in [2.05, 4.69) is 27.0 Å². The fourth-order valence-electron chi connectivity index (χ4n) is 3.38. The smallest absolute Gasteiger partial charge is 0.251 e. The van der Waals surface area contributed by atoms with Crippen LogP contribution in [0, 0.1) is 0 Å². The van der Waals surface area contributed by atoms with E-state index in [1.165, 1.54) is 25.7 Å². The molecule has 0 unspecified atom stereocenters. The number of carbonyl (C=O) groups is 1. The topological polar surface area (TPSA) is 78.7 Å². The van der Waals surface area contributed by atoms with Crippen LogP contribution < -0.4 is 16.0 Å². The molecule has 1 aliphatic rings. The molecule has 0 bridgehead atoms. The van der Waals surface area contributed by atoms with Crippen molar-refractivity contribution in [1.82, 2.24) is 16.0 Å². The van der Waals surface area contributed by atoms with E-state index in [0.717, 1.165) is 30.2 Å². The summed E-state index contributed by atoms with van der Waals surface area (Å²) in [6.07, 6.45) is 10.1. The number of nitrogens with zero attached hydrogens (tertiary/aromatic N) is 1. The molecule has 7 heteroatoms. The Bertz CT molecular complexity index is 847. The highest BCUT2D eigenvalue weighted by molar-refractivity contribution is 14.0. The molecule has 1 aromatic carbocycles. The van der Waals surface area contributed by atoms with E-state index in [1.807, 2.05) is 30.3 Å². The highest BCUT2D eigenvalue weighted by atomic mass is 127. The van der Waals surface area contributed by atoms with E-state index < -0.39 is 0 Å². The maximum absolute atomic E-state index is 12.4. The summed E-state index contributed by atoms with van der Waals surface area (Å²) in [7, 11) is 1.77. The third-order valence-corrected chi connectivity index (χ3v) is 5.00. The summed E-state index contributed by atoms with van der Waals surface area (Å²) in [6.45, 7) is 1.85. The number of hydrogen-bond acceptors (Lipinski definition) is 3. The first-order chi connectivity index (χ1) is 14.2. The number of amides is 1. The van der Waals surface area contributed by atoms with Gasteiger partial charge in [0.25, 0.3) is 5.91 Å². The molecule has 1 aliphatic carbocycles. The van der Waals surface area contributed by atoms with Crippen molar-refractivity contribution < 1.29 is 9.21 Å². The first-order valence-corrected chi connectivity index (χ1v) is 10.3. The average Bonchev–Trinajstić information content (AvgIpc) is 3.29. The Labute approximate surface area is 195 Å². The molecule has 0 aliphatic heterocycles. The Morgan fingerprint density at radius 2 is 2.00 bits per heavy atom. The molecular weight excluding hydrogens is 491 g/mol. The first kappa shape index (κ1) is 24.0. The Balaban J connectivity index is 0.00000320. The van der Waals surface area contributed by atoms with Crippen LogP contribution in [-0.4, -0.2) is 25.5 Å². The summed E-state index contributed by atoms with van der Waals surface area (Å²) in [4.78, 5) is 16.6. The van der Waals surface area contributed by atoms with Crippen molar-refractivity contribution >= 4 is 35.8 Å². The largest absolute Gasteiger partial charge is 0.467 e. The van der Waals surface area contributed by atoms with Crippen molar-refractivity contribution in [3.8, 4) is 0 Å². The van der Waals surface area contributed by atoms with Crippen molar-refractivity contribution in [2.24, 2.45) is 4.99 Å². The number of carbonyl (C=O) groups excluding carboxylic acids is 1. The number of furan rings is 1. The van der Waals surface area contributed by atoms with Gasteiger partial charge in [-0.2, -0.15) is 0 Å². The molecule has 0 spiro atoms. The van der Waals surface area contributed by atoms with E-state index in [-0.39, 0.29) is 29.9 Å². The van der Waals surface area contributed by atoms with E-state index in [9.17, 15) is 4.79 Å². The second kappa shape index (κ2) is 13.1. The molecule has 3 N–H and O–H groups in total. The van der Waals surface area contributed by atoms with E-state index in [4.69, 9.17) is 4.42 Å². The number of aliphatic imine (C=N–C) groups is 1. The highest BCUT2D eigenvalue weighted by Crippen LogP contribution is 2.19. The average molecular weight is 522 g/mol. The Morgan fingerprint density at radius 1 is 1.10 bits per heavy atom. The van der Waals surface area contributed by atoms with Gasteiger partial charge in [0.05, 0.1) is 12.8 Å². The van der Waals surface area contributed by atoms with E-state index >= 15 is 0 Å². The van der Waals surface area contributed by atoms with Crippen LogP contribution in [0.1, 0.15) is 53.8 Å². The molecule has 162 valence electrons. The van der Waals surface area contributed by atoms with Crippen LogP contribution in [0.4, 0.5) is 0 Å². The van der Waals surface area contributed by atoms with Gasteiger partial charge >= 0.3 is 0 Å². The summed E-state index contributed by atoms with van der Waals surface area (Å²) in [5, 5.41) is 9.55. The third kappa shape index (κ3) is 7.85. The van der Waals surface area contributed by atoms with Crippen molar-refractivity contribution in [3.05, 3.63) is 71.2 Å². The monoisotopic (exact) mass is 522 g/mol. The van der Waals surface area contributed by atoms with Gasteiger partial charge in [0.1, 0.15) is 5.76 Å². The lowest BCUT2D eigenvalue weighted by molar-refractivity contribution is 0.0948. The maximum atomic E-state index is 12.4. The number of rotatable bonds is 8. The lowest BCUT2D eigenvalue weighted by Gasteiger charge is -2.15. The molecule has 2 aromatic rings. The molecule has 0 atom stereocenters. The summed E-state index contributed by atoms with van der Waals surface area (Å²) in [6, 6.07) is 11.2. The van der Waals surface area contributed by atoms with Gasteiger partial charge in [-0.05, 0) is 61.9 Å². The normalized spacial score (nSPS) is 13.8. The van der Waals surface area contributed by atoms with Crippen molar-refractivity contribution in [1.29, 1.82) is 0 Å². The minimum absolute atomic E-state index is 0. The summed E-state index contributed by atoms with van der Waals surface area (Å²) in [5.41, 5.74) is 3.20. The summed E-state index contributed by atoms with van der Waals surface area (Å²) < 4.78 is 5.24. The standard InChI is InChI=1S/C23H30N4O2.HI/c1-24-23(25-13-12-18-7-3-2-4-8-18)27-16-19-9-5-10-20(15-19)22(28)26-17-21-11-6-14-29-21;/h5-7,9-11,14-15H,2-4,8,12-13,16-17H2,1H3,(H,26,28)(H2,24,25,27);1H. The number of allylic oxidation sites excluding steroid dienone is 1. The van der Waals surface area contributed by atoms with Crippen LogP contribution in [0.2, 0.25) is 0 Å². The molecule has 0 fully saturated rings. The van der Waals surface area contributed by atoms with Crippen molar-refractivity contribution in [3.63, 3.8) is 0 Å². The van der Waals surface area contributed by atoms with Gasteiger partial charge in [0.2, 0.25) is 0 Å². The van der Waals surface area contributed by atoms with Crippen LogP contribution in [0.5, 0.6) is 0 Å². The predicted molar refractivity (Wildman–Crippen MR) is 131 cm³/mol. The number of hydrogen-bond donors (Lipinski definition) is 3. The first-order valence-electron chi connectivity index (χ1n) is 10.3. The van der Waals surface area contributed by atoms with Gasteiger partial charge in [-0.3, -0.25) is 9.79 Å². The lowest BCUT2D eigenvalue weighted by atomic mass is 9.97. The third-order valence-electron chi connectivity index (χ3n) is 5.00. The van der Waals surface area contributed by atoms with Crippen LogP contribution in [0.15, 0.2) is 63.7 Å². The second-order valence-electron chi connectivity index (χ2n) is 7.17. The fraction of sp³-hybridized carbons (Fsp3) is 0.391. The zero-order valence-electron chi connectivity index (χ0n) is 17.4. The predicted octanol–water partition coefficient (Wildman–Crippen LogP) is 4.38. The minimum Gasteiger partial charge on any atom is -0.467 e. The van der Waals surface area contributed by atoms with Gasteiger partial charge < -0.3 is 20.4 Å². The van der Waals surface area contributed by atoms with Gasteiger partial charge in [0, 0.05) is 25.7 Å². The lowest BCUT2D eigenvalue weighted by Crippen LogP contribution is -2.37. The number of halogens is 1. The van der Waals surface area contributed by atoms with Gasteiger partial charge in [-0.1, -0.05) is 23.8 Å². The molecule has 6 nitrogen and oxygen atoms in total. The number of benzene rings is 1. The molecule has 1 amide bonds. The number of guanidine groups is 1. The second-order valence-corrected chi connectivity index (χ2v) is 7.17. The highest BCUT2D eigenvalue weighted by Gasteiger charge is 2.08. The molecule has 0 radical (unpaired) electrons. The molecule has 0 saturated carbocycles. The SMILES string of the molecule is CN=C(NCCC1=CCCCC1)NCc1cccc(C(=O)NCc2ccco2)c1.I. The van der Waals surface area contributed by atoms with Crippen LogP contribution in [-0.2, 0) is 13.1 Å². The van der Waals surface area contributed by atoms with Crippen LogP contribution >= 0.6 is 24.0 Å². The number of nitrogens with one attached hydrogen (secondary N) is 3. The van der Waals surface area contributed by atoms with Crippen molar-refractivity contribution in [2.75, 3.05) is 13.6 Å². The molecule has 3 rings (SSSR count). The maximum Gasteiger partial charge on any atom is 0.251 e.